The van der Waals surface area contributed by atoms with Crippen molar-refractivity contribution >= 4 is 76.8 Å². The molecule has 45 nitrogen and oxygen atoms in total. The van der Waals surface area contributed by atoms with E-state index in [1.165, 1.54) is 11.1 Å². The second-order valence-corrected chi connectivity index (χ2v) is 27.1. The molecule has 0 bridgehead atoms. The van der Waals surface area contributed by atoms with Gasteiger partial charge in [-0.15, -0.1) is 5.53 Å². The zero-order valence-corrected chi connectivity index (χ0v) is 61.2. The molecule has 0 spiro atoms. The average Bonchev–Trinajstić information content (AvgIpc) is 1.61. The van der Waals surface area contributed by atoms with Crippen LogP contribution in [0.5, 0.6) is 0 Å². The maximum Gasteiger partial charge on any atom is 0.490 e. The van der Waals surface area contributed by atoms with Crippen molar-refractivity contribution in [1.29, 1.82) is 0 Å². The highest BCUT2D eigenvalue weighted by atomic mass is 31.3. The summed E-state index contributed by atoms with van der Waals surface area (Å²) in [7, 11) is -16.8. The van der Waals surface area contributed by atoms with Crippen LogP contribution in [-0.4, -0.2) is 345 Å². The van der Waals surface area contributed by atoms with Gasteiger partial charge in [0.25, 0.3) is 0 Å². The molecule has 3 unspecified atom stereocenters. The molecule has 1 fully saturated rings. The number of amides is 4. The van der Waals surface area contributed by atoms with Gasteiger partial charge in [-0.05, 0) is 0 Å². The number of carboxylic acid groups (broad SMARTS) is 4. The van der Waals surface area contributed by atoms with Crippen LogP contribution in [0.15, 0.2) is 41.1 Å². The molecule has 0 aromatic heterocycles. The molecule has 3 aliphatic heterocycles. The van der Waals surface area contributed by atoms with Crippen molar-refractivity contribution in [3.05, 3.63) is 36.1 Å². The van der Waals surface area contributed by atoms with Crippen LogP contribution in [0.3, 0.4) is 0 Å². The fourth-order valence-electron chi connectivity index (χ4n) is 9.04. The molecule has 0 aromatic rings. The molecular weight excluding hydrogens is 1480 g/mol. The summed E-state index contributed by atoms with van der Waals surface area (Å²) in [5.41, 5.74) is 13.0. The number of nitrogens with one attached hydrogen (secondary N) is 6. The standard InChI is InChI=1S/C58H100N13O32P3/c1-44-64-58(59)45(38-71(44)53-37-47(72)48(101-53)41-100-105(88,89)103-106(90,91)102-104(85,86)87)3-2-10-60-51(75)42-98-35-33-96-31-29-94-27-25-92-23-13-63-52(76)43-99-36-34-97-32-30-95-28-26-93-24-22-70-40-46(65-66-70)39-69(14-4-49(73)61-11-20-67(16-6-54(77)78)17-7-55(79)80)15-5-50(74)62-12-21-68(18-8-56(81)82)19-9-57(83)84/h38,40,47-48,53,65-66,72H,1,4-37,39,41-43H2,(H2,59,64)(H,60,75)(H,61,73)(H,62,74)(H,63,76)(H,77,78)(H,79,80)(H,81,82)(H,83,84)(H,88,89)(H,90,91)(H2,85,86,87)/t47?,48-,53-/m1/s1. The van der Waals surface area contributed by atoms with Crippen molar-refractivity contribution in [3.8, 4) is 11.8 Å². The smallest absolute Gasteiger partial charge is 0.481 e. The Morgan fingerprint density at radius 1 is 0.575 bits per heavy atom. The maximum absolute atomic E-state index is 12.9. The van der Waals surface area contributed by atoms with E-state index >= 15 is 0 Å². The summed E-state index contributed by atoms with van der Waals surface area (Å²) in [6, 6.07) is 0. The molecule has 0 aliphatic carbocycles. The number of carbonyl (C=O) groups is 8. The van der Waals surface area contributed by atoms with Gasteiger partial charge in [0, 0.05) is 110 Å². The number of carbonyl (C=O) groups excluding carboxylic acids is 4. The number of phosphoric acid groups is 3. The highest BCUT2D eigenvalue weighted by Gasteiger charge is 2.44. The number of hydrogen-bond donors (Lipinski definition) is 16. The Hall–Kier alpha value is -6.74. The van der Waals surface area contributed by atoms with Crippen molar-refractivity contribution in [1.82, 2.24) is 56.8 Å². The van der Waals surface area contributed by atoms with E-state index in [0.29, 0.717) is 39.5 Å². The molecule has 3 aliphatic rings. The highest BCUT2D eigenvalue weighted by Crippen LogP contribution is 2.66. The zero-order chi connectivity index (χ0) is 78.2. The van der Waals surface area contributed by atoms with Gasteiger partial charge in [-0.3, -0.25) is 52.8 Å². The van der Waals surface area contributed by atoms with Crippen LogP contribution < -0.4 is 38.0 Å². The minimum Gasteiger partial charge on any atom is -0.481 e. The van der Waals surface area contributed by atoms with Crippen LogP contribution in [0.25, 0.3) is 0 Å². The van der Waals surface area contributed by atoms with Crippen molar-refractivity contribution in [3.63, 3.8) is 0 Å². The Balaban J connectivity index is 1.17. The van der Waals surface area contributed by atoms with E-state index in [1.54, 1.807) is 14.8 Å². The number of rotatable bonds is 63. The molecule has 0 saturated carbocycles. The lowest BCUT2D eigenvalue weighted by atomic mass is 10.1. The summed E-state index contributed by atoms with van der Waals surface area (Å²) in [4.78, 5) is 142. The summed E-state index contributed by atoms with van der Waals surface area (Å²) in [6.07, 6.45) is -1.26. The van der Waals surface area contributed by atoms with Gasteiger partial charge in [0.2, 0.25) is 23.6 Å². The van der Waals surface area contributed by atoms with Gasteiger partial charge in [-0.2, -0.15) is 8.62 Å². The van der Waals surface area contributed by atoms with Crippen LogP contribution in [0.4, 0.5) is 0 Å². The molecule has 0 radical (unpaired) electrons. The van der Waals surface area contributed by atoms with E-state index in [4.69, 9.17) is 78.6 Å². The number of aliphatic hydroxyl groups is 1. The molecule has 0 aromatic carbocycles. The zero-order valence-electron chi connectivity index (χ0n) is 58.5. The van der Waals surface area contributed by atoms with Crippen LogP contribution in [0, 0.1) is 11.8 Å². The topological polar surface area (TPSA) is 607 Å². The molecule has 5 atom stereocenters. The van der Waals surface area contributed by atoms with Crippen LogP contribution in [-0.2, 0) is 108 Å². The number of carboxylic acids is 4. The second kappa shape index (κ2) is 53.1. The third-order valence-corrected chi connectivity index (χ3v) is 18.0. The van der Waals surface area contributed by atoms with Gasteiger partial charge in [-0.1, -0.05) is 18.4 Å². The van der Waals surface area contributed by atoms with Gasteiger partial charge < -0.3 is 135 Å². The maximum atomic E-state index is 12.9. The highest BCUT2D eigenvalue weighted by molar-refractivity contribution is 7.66. The monoisotopic (exact) mass is 1580 g/mol. The lowest BCUT2D eigenvalue weighted by Gasteiger charge is -2.29. The lowest BCUT2D eigenvalue weighted by molar-refractivity contribution is -0.139. The van der Waals surface area contributed by atoms with E-state index < -0.39 is 78.3 Å². The number of nitrogens with two attached hydrogens (primary N) is 1. The third kappa shape index (κ3) is 47.1. The Bertz CT molecular complexity index is 2970. The first-order valence-corrected chi connectivity index (χ1v) is 37.8. The summed E-state index contributed by atoms with van der Waals surface area (Å²) in [5, 5.41) is 59.4. The van der Waals surface area contributed by atoms with Crippen LogP contribution in [0.1, 0.15) is 44.9 Å². The lowest BCUT2D eigenvalue weighted by Crippen LogP contribution is -2.41. The van der Waals surface area contributed by atoms with Gasteiger partial charge in [0.15, 0.2) is 0 Å². The number of nitrogens with zero attached hydrogens (tertiary/aromatic N) is 6. The Morgan fingerprint density at radius 3 is 1.50 bits per heavy atom. The molecule has 17 N–H and O–H groups in total. The SMILES string of the molecule is C=C1N=C(N)C(C#CCNC(=O)COCCOCCOCCOCCNC(=O)COCCOCCOCCOCCN2C=C(CN(CCC(=O)NCCN(CCC(=O)O)CCC(=O)O)CCC(=O)NCCN(CCC(=O)O)CCC(=O)O)NN2)=CN1[C@H]1CC(O)[C@@H](COP(=O)(O)OP(=O)(O)OP(=O)(O)O)O1. The van der Waals surface area contributed by atoms with Gasteiger partial charge in [0.1, 0.15) is 37.2 Å². The first-order valence-electron chi connectivity index (χ1n) is 33.2. The van der Waals surface area contributed by atoms with Gasteiger partial charge in [0.05, 0.1) is 155 Å². The molecular formula is C58H100N13O32P3. The largest absolute Gasteiger partial charge is 0.490 e. The van der Waals surface area contributed by atoms with Gasteiger partial charge >= 0.3 is 47.3 Å². The van der Waals surface area contributed by atoms with E-state index in [0.717, 1.165) is 5.70 Å². The van der Waals surface area contributed by atoms with E-state index in [1.807, 2.05) is 11.1 Å². The predicted molar refractivity (Wildman–Crippen MR) is 365 cm³/mol. The molecule has 604 valence electrons. The number of aliphatic carboxylic acids is 4. The van der Waals surface area contributed by atoms with Crippen LogP contribution >= 0.6 is 23.5 Å². The number of hydrogen-bond acceptors (Lipinski definition) is 33. The second-order valence-electron chi connectivity index (χ2n) is 22.7. The number of phosphoric ester groups is 1. The number of ether oxygens (including phenoxy) is 9. The summed E-state index contributed by atoms with van der Waals surface area (Å²) < 4.78 is 95.9. The quantitative estimate of drug-likeness (QED) is 0.0154. The Kier molecular flexibility index (Phi) is 46.9. The minimum atomic E-state index is -5.76. The molecule has 106 heavy (non-hydrogen) atoms. The molecule has 1 saturated heterocycles. The number of aliphatic hydroxyl groups excluding tert-OH is 1. The summed E-state index contributed by atoms with van der Waals surface area (Å²) in [5.74, 6) is -0.0764. The first-order chi connectivity index (χ1) is 50.4. The molecule has 48 heteroatoms. The summed E-state index contributed by atoms with van der Waals surface area (Å²) in [6.45, 7) is 8.58. The van der Waals surface area contributed by atoms with Crippen molar-refractivity contribution in [2.75, 3.05) is 204 Å². The minimum absolute atomic E-state index is 0.0303. The van der Waals surface area contributed by atoms with Crippen LogP contribution in [0.2, 0.25) is 0 Å². The fraction of sp³-hybridized carbons (Fsp3) is 0.707. The van der Waals surface area contributed by atoms with E-state index in [-0.39, 0.29) is 238 Å². The first kappa shape index (κ1) is 93.5. The molecule has 4 amide bonds. The van der Waals surface area contributed by atoms with Gasteiger partial charge in [-0.25, -0.2) is 18.7 Å². The van der Waals surface area contributed by atoms with Crippen molar-refractivity contribution < 1.29 is 153 Å². The predicted octanol–water partition coefficient (Wildman–Crippen LogP) is -4.81. The number of amidine groups is 1. The van der Waals surface area contributed by atoms with Crippen molar-refractivity contribution in [2.24, 2.45) is 10.7 Å². The molecule has 3 heterocycles. The summed E-state index contributed by atoms with van der Waals surface area (Å²) >= 11 is 0. The average molecular weight is 1580 g/mol. The van der Waals surface area contributed by atoms with E-state index in [2.05, 4.69) is 68.8 Å². The third-order valence-electron chi connectivity index (χ3n) is 14.2. The van der Waals surface area contributed by atoms with E-state index in [9.17, 15) is 66.9 Å². The number of aliphatic imine (C=N–C) groups is 1. The Morgan fingerprint density at radius 2 is 1.02 bits per heavy atom. The fourth-order valence-corrected chi connectivity index (χ4v) is 12.1. The number of hydrazine groups is 2. The Labute approximate surface area is 610 Å². The molecule has 3 rings (SSSR count). The normalized spacial score (nSPS) is 17.0. The van der Waals surface area contributed by atoms with Crippen molar-refractivity contribution in [2.45, 2.75) is 63.4 Å².